The fourth-order valence-electron chi connectivity index (χ4n) is 3.30. The molecule has 6 heteroatoms. The predicted molar refractivity (Wildman–Crippen MR) is 132 cm³/mol. The van der Waals surface area contributed by atoms with Gasteiger partial charge < -0.3 is 24.3 Å². The maximum atomic E-state index is 12.5. The molecule has 6 nitrogen and oxygen atoms in total. The maximum absolute atomic E-state index is 12.5. The Morgan fingerprint density at radius 2 is 1.39 bits per heavy atom. The van der Waals surface area contributed by atoms with Gasteiger partial charge in [-0.3, -0.25) is 4.79 Å². The van der Waals surface area contributed by atoms with Gasteiger partial charge in [-0.25, -0.2) is 0 Å². The van der Waals surface area contributed by atoms with E-state index >= 15 is 0 Å². The Hall–Kier alpha value is -4.19. The number of carbonyl (C=O) groups is 1. The van der Waals surface area contributed by atoms with Crippen LogP contribution in [-0.2, 0) is 0 Å². The number of para-hydroxylation sites is 2. The molecule has 0 bridgehead atoms. The molecule has 0 heterocycles. The summed E-state index contributed by atoms with van der Waals surface area (Å²) >= 11 is 0. The molecule has 170 valence electrons. The van der Waals surface area contributed by atoms with E-state index in [1.165, 1.54) is 6.08 Å². The number of ketones is 1. The summed E-state index contributed by atoms with van der Waals surface area (Å²) in [6, 6.07) is 18.7. The summed E-state index contributed by atoms with van der Waals surface area (Å²) in [7, 11) is 6.29. The van der Waals surface area contributed by atoms with Crippen LogP contribution < -0.4 is 24.3 Å². The molecular formula is C27H27NO5. The molecule has 1 N–H and O–H groups in total. The molecule has 0 atom stereocenters. The number of rotatable bonds is 10. The van der Waals surface area contributed by atoms with Crippen LogP contribution in [0.3, 0.4) is 0 Å². The van der Waals surface area contributed by atoms with E-state index in [1.54, 1.807) is 52.8 Å². The lowest BCUT2D eigenvalue weighted by atomic mass is 10.1. The normalized spacial score (nSPS) is 10.9. The number of carbonyl (C=O) groups excluding carboxylic acids is 1. The molecular weight excluding hydrogens is 418 g/mol. The number of hydrogen-bond donors (Lipinski definition) is 1. The summed E-state index contributed by atoms with van der Waals surface area (Å²) in [6.45, 7) is 0. The first-order chi connectivity index (χ1) is 16.1. The fourth-order valence-corrected chi connectivity index (χ4v) is 3.30. The van der Waals surface area contributed by atoms with Crippen molar-refractivity contribution in [3.8, 4) is 23.0 Å². The van der Waals surface area contributed by atoms with Gasteiger partial charge in [0.2, 0.25) is 5.75 Å². The summed E-state index contributed by atoms with van der Waals surface area (Å²) in [5, 5.41) is 3.19. The second-order valence-electron chi connectivity index (χ2n) is 6.92. The lowest BCUT2D eigenvalue weighted by Gasteiger charge is -2.13. The standard InChI is InChI=1S/C27H27NO5/c1-30-24-12-8-6-10-21(24)23(29)15-16-28-22-11-7-5-9-20(22)14-13-19-17-25(31-2)27(33-4)26(18-19)32-3/h5-18,28H,1-4H3. The molecule has 0 radical (unpaired) electrons. The first kappa shape index (κ1) is 23.5. The van der Waals surface area contributed by atoms with Crippen LogP contribution in [0.4, 0.5) is 5.69 Å². The first-order valence-corrected chi connectivity index (χ1v) is 10.3. The first-order valence-electron chi connectivity index (χ1n) is 10.3. The third kappa shape index (κ3) is 5.74. The average molecular weight is 446 g/mol. The minimum Gasteiger partial charge on any atom is -0.496 e. The largest absolute Gasteiger partial charge is 0.496 e. The van der Waals surface area contributed by atoms with E-state index in [4.69, 9.17) is 18.9 Å². The SMILES string of the molecule is COc1ccccc1C(=O)C=CNc1ccccc1C=Cc1cc(OC)c(OC)c(OC)c1. The van der Waals surface area contributed by atoms with E-state index in [9.17, 15) is 4.79 Å². The minimum absolute atomic E-state index is 0.148. The van der Waals surface area contributed by atoms with Gasteiger partial charge in [0, 0.05) is 18.0 Å². The van der Waals surface area contributed by atoms with Crippen LogP contribution in [0.1, 0.15) is 21.5 Å². The predicted octanol–water partition coefficient (Wildman–Crippen LogP) is 5.70. The Bertz CT molecular complexity index is 1140. The molecule has 33 heavy (non-hydrogen) atoms. The van der Waals surface area contributed by atoms with Crippen molar-refractivity contribution in [2.24, 2.45) is 0 Å². The average Bonchev–Trinajstić information content (AvgIpc) is 2.87. The third-order valence-electron chi connectivity index (χ3n) is 4.95. The molecule has 0 aromatic heterocycles. The van der Waals surface area contributed by atoms with E-state index in [0.717, 1.165) is 16.8 Å². The van der Waals surface area contributed by atoms with Crippen LogP contribution in [0.2, 0.25) is 0 Å². The Kier molecular flexibility index (Phi) is 8.13. The van der Waals surface area contributed by atoms with Gasteiger partial charge in [-0.1, -0.05) is 42.5 Å². The van der Waals surface area contributed by atoms with Gasteiger partial charge in [0.05, 0.1) is 34.0 Å². The smallest absolute Gasteiger partial charge is 0.203 e. The highest BCUT2D eigenvalue weighted by molar-refractivity contribution is 6.06. The van der Waals surface area contributed by atoms with Crippen molar-refractivity contribution in [3.63, 3.8) is 0 Å². The summed E-state index contributed by atoms with van der Waals surface area (Å²) < 4.78 is 21.5. The van der Waals surface area contributed by atoms with Crippen molar-refractivity contribution in [1.82, 2.24) is 0 Å². The van der Waals surface area contributed by atoms with Crippen LogP contribution in [-0.4, -0.2) is 34.2 Å². The van der Waals surface area contributed by atoms with Crippen molar-refractivity contribution < 1.29 is 23.7 Å². The second kappa shape index (κ2) is 11.4. The number of allylic oxidation sites excluding steroid dienone is 1. The zero-order chi connectivity index (χ0) is 23.6. The van der Waals surface area contributed by atoms with Crippen molar-refractivity contribution >= 4 is 23.6 Å². The van der Waals surface area contributed by atoms with Crippen LogP contribution >= 0.6 is 0 Å². The second-order valence-corrected chi connectivity index (χ2v) is 6.92. The Labute approximate surface area is 194 Å². The molecule has 0 spiro atoms. The van der Waals surface area contributed by atoms with Gasteiger partial charge in [0.1, 0.15) is 5.75 Å². The van der Waals surface area contributed by atoms with Crippen molar-refractivity contribution in [3.05, 3.63) is 89.6 Å². The van der Waals surface area contributed by atoms with Gasteiger partial charge in [0.15, 0.2) is 17.3 Å². The molecule has 0 saturated carbocycles. The van der Waals surface area contributed by atoms with Gasteiger partial charge in [-0.2, -0.15) is 0 Å². The Morgan fingerprint density at radius 1 is 0.758 bits per heavy atom. The fraction of sp³-hybridized carbons (Fsp3) is 0.148. The quantitative estimate of drug-likeness (QED) is 0.245. The number of hydrogen-bond acceptors (Lipinski definition) is 6. The van der Waals surface area contributed by atoms with E-state index in [0.29, 0.717) is 28.6 Å². The summed E-state index contributed by atoms with van der Waals surface area (Å²) in [5.41, 5.74) is 3.20. The number of nitrogens with one attached hydrogen (secondary N) is 1. The molecule has 0 fully saturated rings. The van der Waals surface area contributed by atoms with Crippen LogP contribution in [0.25, 0.3) is 12.2 Å². The summed E-state index contributed by atoms with van der Waals surface area (Å²) in [5.74, 6) is 2.11. The van der Waals surface area contributed by atoms with Crippen molar-refractivity contribution in [1.29, 1.82) is 0 Å². The molecule has 0 aliphatic carbocycles. The van der Waals surface area contributed by atoms with E-state index in [1.807, 2.05) is 54.6 Å². The van der Waals surface area contributed by atoms with Gasteiger partial charge in [-0.05, 0) is 41.5 Å². The van der Waals surface area contributed by atoms with Gasteiger partial charge in [-0.15, -0.1) is 0 Å². The molecule has 0 amide bonds. The van der Waals surface area contributed by atoms with Gasteiger partial charge in [0.25, 0.3) is 0 Å². The van der Waals surface area contributed by atoms with Crippen LogP contribution in [0.15, 0.2) is 72.9 Å². The third-order valence-corrected chi connectivity index (χ3v) is 4.95. The van der Waals surface area contributed by atoms with Crippen molar-refractivity contribution in [2.45, 2.75) is 0 Å². The Morgan fingerprint density at radius 3 is 2.06 bits per heavy atom. The highest BCUT2D eigenvalue weighted by Crippen LogP contribution is 2.38. The monoisotopic (exact) mass is 445 g/mol. The number of benzene rings is 3. The van der Waals surface area contributed by atoms with E-state index < -0.39 is 0 Å². The zero-order valence-electron chi connectivity index (χ0n) is 19.1. The molecule has 3 aromatic carbocycles. The Balaban J connectivity index is 1.79. The maximum Gasteiger partial charge on any atom is 0.203 e. The van der Waals surface area contributed by atoms with Crippen molar-refractivity contribution in [2.75, 3.05) is 33.8 Å². The number of methoxy groups -OCH3 is 4. The van der Waals surface area contributed by atoms with E-state index in [2.05, 4.69) is 5.32 Å². The molecule has 0 aliphatic heterocycles. The minimum atomic E-state index is -0.148. The topological polar surface area (TPSA) is 66.0 Å². The summed E-state index contributed by atoms with van der Waals surface area (Å²) in [4.78, 5) is 12.5. The number of ether oxygens (including phenoxy) is 4. The lowest BCUT2D eigenvalue weighted by molar-refractivity contribution is 0.104. The van der Waals surface area contributed by atoms with Crippen LogP contribution in [0.5, 0.6) is 23.0 Å². The highest BCUT2D eigenvalue weighted by atomic mass is 16.5. The molecule has 0 saturated heterocycles. The number of anilines is 1. The van der Waals surface area contributed by atoms with Crippen LogP contribution in [0, 0.1) is 0 Å². The lowest BCUT2D eigenvalue weighted by Crippen LogP contribution is -2.00. The molecule has 3 aromatic rings. The summed E-state index contributed by atoms with van der Waals surface area (Å²) in [6.07, 6.45) is 7.03. The molecule has 3 rings (SSSR count). The highest BCUT2D eigenvalue weighted by Gasteiger charge is 2.12. The molecule has 0 unspecified atom stereocenters. The van der Waals surface area contributed by atoms with E-state index in [-0.39, 0.29) is 5.78 Å². The zero-order valence-corrected chi connectivity index (χ0v) is 19.1. The molecule has 0 aliphatic rings. The van der Waals surface area contributed by atoms with Gasteiger partial charge >= 0.3 is 0 Å².